The predicted octanol–water partition coefficient (Wildman–Crippen LogP) is 3.55. The fraction of sp³-hybridized carbons (Fsp3) is 0.333. The quantitative estimate of drug-likeness (QED) is 0.876. The van der Waals surface area contributed by atoms with Crippen molar-refractivity contribution in [3.05, 3.63) is 35.6 Å². The second-order valence-corrected chi connectivity index (χ2v) is 3.98. The van der Waals surface area contributed by atoms with Gasteiger partial charge < -0.3 is 9.52 Å². The van der Waals surface area contributed by atoms with Crippen LogP contribution in [0, 0.1) is 0 Å². The molecule has 5 heteroatoms. The van der Waals surface area contributed by atoms with E-state index in [4.69, 9.17) is 9.52 Å². The normalized spacial score (nSPS) is 14.2. The molecule has 0 aliphatic heterocycles. The van der Waals surface area contributed by atoms with Crippen LogP contribution in [-0.2, 0) is 6.18 Å². The molecule has 0 fully saturated rings. The first-order valence-electron chi connectivity index (χ1n) is 5.13. The van der Waals surface area contributed by atoms with E-state index >= 15 is 0 Å². The van der Waals surface area contributed by atoms with Crippen LogP contribution < -0.4 is 0 Å². The van der Waals surface area contributed by atoms with E-state index in [0.717, 1.165) is 12.1 Å². The van der Waals surface area contributed by atoms with Crippen LogP contribution in [0.15, 0.2) is 28.7 Å². The van der Waals surface area contributed by atoms with Crippen molar-refractivity contribution in [2.45, 2.75) is 19.0 Å². The number of aliphatic hydroxyl groups excluding tert-OH is 1. The molecule has 0 spiro atoms. The molecular weight excluding hydrogens is 233 g/mol. The monoisotopic (exact) mass is 244 g/mol. The molecule has 0 bridgehead atoms. The summed E-state index contributed by atoms with van der Waals surface area (Å²) in [5.41, 5.74) is -0.303. The maximum Gasteiger partial charge on any atom is 0.416 e. The maximum absolute atomic E-state index is 12.5. The molecule has 1 aromatic heterocycles. The molecule has 2 rings (SSSR count). The van der Waals surface area contributed by atoms with E-state index in [-0.39, 0.29) is 12.5 Å². The fourth-order valence-corrected chi connectivity index (χ4v) is 1.57. The van der Waals surface area contributed by atoms with Crippen LogP contribution in [0.2, 0.25) is 0 Å². The highest BCUT2D eigenvalue weighted by molar-refractivity contribution is 5.79. The van der Waals surface area contributed by atoms with Crippen molar-refractivity contribution in [1.29, 1.82) is 0 Å². The minimum atomic E-state index is -4.35. The van der Waals surface area contributed by atoms with Gasteiger partial charge in [0.25, 0.3) is 0 Å². The third-order valence-electron chi connectivity index (χ3n) is 2.62. The highest BCUT2D eigenvalue weighted by Crippen LogP contribution is 2.33. The number of halogens is 3. The SMILES string of the molecule is CC(CO)c1cc2cc(C(F)(F)F)ccc2o1. The first-order chi connectivity index (χ1) is 7.91. The number of benzene rings is 1. The van der Waals surface area contributed by atoms with E-state index in [1.54, 1.807) is 6.92 Å². The number of aliphatic hydroxyl groups is 1. The molecule has 1 N–H and O–H groups in total. The number of fused-ring (bicyclic) bond motifs is 1. The maximum atomic E-state index is 12.5. The van der Waals surface area contributed by atoms with Crippen LogP contribution in [0.5, 0.6) is 0 Å². The largest absolute Gasteiger partial charge is 0.461 e. The van der Waals surface area contributed by atoms with Gasteiger partial charge in [0, 0.05) is 11.3 Å². The van der Waals surface area contributed by atoms with Crippen molar-refractivity contribution in [3.8, 4) is 0 Å². The lowest BCUT2D eigenvalue weighted by Crippen LogP contribution is -2.03. The second kappa shape index (κ2) is 4.07. The lowest BCUT2D eigenvalue weighted by atomic mass is 10.1. The summed E-state index contributed by atoms with van der Waals surface area (Å²) in [4.78, 5) is 0. The van der Waals surface area contributed by atoms with Crippen LogP contribution in [0.25, 0.3) is 11.0 Å². The van der Waals surface area contributed by atoms with Gasteiger partial charge in [-0.15, -0.1) is 0 Å². The average Bonchev–Trinajstić information content (AvgIpc) is 2.69. The van der Waals surface area contributed by atoms with Gasteiger partial charge >= 0.3 is 6.18 Å². The van der Waals surface area contributed by atoms with Crippen LogP contribution in [0.3, 0.4) is 0 Å². The number of rotatable bonds is 2. The molecule has 1 aromatic carbocycles. The second-order valence-electron chi connectivity index (χ2n) is 3.98. The van der Waals surface area contributed by atoms with Gasteiger partial charge in [0.05, 0.1) is 12.2 Å². The highest BCUT2D eigenvalue weighted by atomic mass is 19.4. The number of furan rings is 1. The van der Waals surface area contributed by atoms with E-state index < -0.39 is 11.7 Å². The van der Waals surface area contributed by atoms with E-state index in [2.05, 4.69) is 0 Å². The first kappa shape index (κ1) is 12.0. The van der Waals surface area contributed by atoms with Gasteiger partial charge in [0.2, 0.25) is 0 Å². The summed E-state index contributed by atoms with van der Waals surface area (Å²) in [5, 5.41) is 9.36. The predicted molar refractivity (Wildman–Crippen MR) is 56.7 cm³/mol. The van der Waals surface area contributed by atoms with Gasteiger partial charge in [-0.1, -0.05) is 6.92 Å². The molecule has 17 heavy (non-hydrogen) atoms. The summed E-state index contributed by atoms with van der Waals surface area (Å²) in [6, 6.07) is 4.86. The highest BCUT2D eigenvalue weighted by Gasteiger charge is 2.30. The zero-order valence-corrected chi connectivity index (χ0v) is 9.08. The zero-order valence-electron chi connectivity index (χ0n) is 9.08. The van der Waals surface area contributed by atoms with Crippen molar-refractivity contribution in [1.82, 2.24) is 0 Å². The standard InChI is InChI=1S/C12H11F3O2/c1-7(6-16)11-5-8-4-9(12(13,14)15)2-3-10(8)17-11/h2-5,7,16H,6H2,1H3. The molecule has 2 aromatic rings. The summed E-state index contributed by atoms with van der Waals surface area (Å²) >= 11 is 0. The molecule has 0 saturated carbocycles. The molecular formula is C12H11F3O2. The van der Waals surface area contributed by atoms with E-state index in [1.165, 1.54) is 12.1 Å². The minimum Gasteiger partial charge on any atom is -0.461 e. The lowest BCUT2D eigenvalue weighted by Gasteiger charge is -2.05. The summed E-state index contributed by atoms with van der Waals surface area (Å²) in [5.74, 6) is 0.263. The zero-order chi connectivity index (χ0) is 12.6. The summed E-state index contributed by atoms with van der Waals surface area (Å²) in [6.45, 7) is 1.63. The third kappa shape index (κ3) is 2.29. The molecule has 0 aliphatic carbocycles. The van der Waals surface area contributed by atoms with Gasteiger partial charge in [0.15, 0.2) is 0 Å². The summed E-state index contributed by atoms with van der Waals surface area (Å²) in [7, 11) is 0. The van der Waals surface area contributed by atoms with Gasteiger partial charge in [-0.25, -0.2) is 0 Å². The molecule has 92 valence electrons. The molecule has 1 unspecified atom stereocenters. The Morgan fingerprint density at radius 1 is 1.29 bits per heavy atom. The van der Waals surface area contributed by atoms with Gasteiger partial charge in [-0.2, -0.15) is 13.2 Å². The van der Waals surface area contributed by atoms with Crippen LogP contribution in [0.1, 0.15) is 24.2 Å². The van der Waals surface area contributed by atoms with E-state index in [1.807, 2.05) is 0 Å². The molecule has 0 radical (unpaired) electrons. The van der Waals surface area contributed by atoms with Crippen LogP contribution in [-0.4, -0.2) is 11.7 Å². The van der Waals surface area contributed by atoms with Gasteiger partial charge in [-0.3, -0.25) is 0 Å². The van der Waals surface area contributed by atoms with Crippen molar-refractivity contribution in [2.24, 2.45) is 0 Å². The Labute approximate surface area is 95.7 Å². The van der Waals surface area contributed by atoms with Gasteiger partial charge in [0.1, 0.15) is 11.3 Å². The van der Waals surface area contributed by atoms with E-state index in [0.29, 0.717) is 16.7 Å². The van der Waals surface area contributed by atoms with Crippen LogP contribution in [0.4, 0.5) is 13.2 Å². The first-order valence-corrected chi connectivity index (χ1v) is 5.13. The summed E-state index contributed by atoms with van der Waals surface area (Å²) < 4.78 is 42.8. The van der Waals surface area contributed by atoms with Crippen molar-refractivity contribution < 1.29 is 22.7 Å². The van der Waals surface area contributed by atoms with Crippen LogP contribution >= 0.6 is 0 Å². The molecule has 0 saturated heterocycles. The lowest BCUT2D eigenvalue weighted by molar-refractivity contribution is -0.137. The Kier molecular flexibility index (Phi) is 2.87. The molecule has 1 atom stereocenters. The van der Waals surface area contributed by atoms with Crippen molar-refractivity contribution >= 4 is 11.0 Å². The molecule has 2 nitrogen and oxygen atoms in total. The smallest absolute Gasteiger partial charge is 0.416 e. The Bertz CT molecular complexity index is 528. The average molecular weight is 244 g/mol. The Hall–Kier alpha value is -1.49. The molecule has 0 aliphatic rings. The van der Waals surface area contributed by atoms with Gasteiger partial charge in [-0.05, 0) is 24.3 Å². The Morgan fingerprint density at radius 2 is 2.00 bits per heavy atom. The van der Waals surface area contributed by atoms with Crippen molar-refractivity contribution in [2.75, 3.05) is 6.61 Å². The number of alkyl halides is 3. The topological polar surface area (TPSA) is 33.4 Å². The number of hydrogen-bond acceptors (Lipinski definition) is 2. The molecule has 0 amide bonds. The van der Waals surface area contributed by atoms with Crippen molar-refractivity contribution in [3.63, 3.8) is 0 Å². The van der Waals surface area contributed by atoms with E-state index in [9.17, 15) is 13.2 Å². The Balaban J connectivity index is 2.48. The minimum absolute atomic E-state index is 0.105. The molecule has 1 heterocycles. The Morgan fingerprint density at radius 3 is 2.59 bits per heavy atom. The summed E-state index contributed by atoms with van der Waals surface area (Å²) in [6.07, 6.45) is -4.35. The number of hydrogen-bond donors (Lipinski definition) is 1. The fourth-order valence-electron chi connectivity index (χ4n) is 1.57. The third-order valence-corrected chi connectivity index (χ3v) is 2.62.